The lowest BCUT2D eigenvalue weighted by Crippen LogP contribution is -2.37. The minimum atomic E-state index is -0.257. The van der Waals surface area contributed by atoms with Crippen LogP contribution in [0.25, 0.3) is 0 Å². The summed E-state index contributed by atoms with van der Waals surface area (Å²) < 4.78 is 10.9. The first-order valence-electron chi connectivity index (χ1n) is 5.60. The molecule has 0 saturated heterocycles. The van der Waals surface area contributed by atoms with E-state index < -0.39 is 0 Å². The van der Waals surface area contributed by atoms with Crippen LogP contribution in [0.5, 0.6) is 0 Å². The molecular formula is C11H22O2Si. The van der Waals surface area contributed by atoms with E-state index in [0.717, 1.165) is 27.9 Å². The Morgan fingerprint density at radius 1 is 1.21 bits per heavy atom. The molecule has 3 heteroatoms. The molecule has 0 atom stereocenters. The van der Waals surface area contributed by atoms with Crippen LogP contribution < -0.4 is 0 Å². The highest BCUT2D eigenvalue weighted by Gasteiger charge is 2.34. The second kappa shape index (κ2) is 5.88. The fourth-order valence-electron chi connectivity index (χ4n) is 2.10. The van der Waals surface area contributed by atoms with Gasteiger partial charge in [0.15, 0.2) is 5.79 Å². The van der Waals surface area contributed by atoms with Crippen LogP contribution in [0, 0.1) is 0 Å². The van der Waals surface area contributed by atoms with Gasteiger partial charge in [0.25, 0.3) is 0 Å². The first-order valence-corrected chi connectivity index (χ1v) is 6.88. The van der Waals surface area contributed by atoms with Crippen molar-refractivity contribution in [1.82, 2.24) is 0 Å². The molecular weight excluding hydrogens is 192 g/mol. The van der Waals surface area contributed by atoms with E-state index in [1.807, 2.05) is 0 Å². The second-order valence-corrected chi connectivity index (χ2v) is 5.77. The Bertz CT molecular complexity index is 147. The Labute approximate surface area is 90.2 Å². The molecule has 14 heavy (non-hydrogen) atoms. The summed E-state index contributed by atoms with van der Waals surface area (Å²) in [6.45, 7) is 2.27. The van der Waals surface area contributed by atoms with Crippen LogP contribution >= 0.6 is 0 Å². The van der Waals surface area contributed by atoms with Crippen LogP contribution in [-0.4, -0.2) is 29.5 Å². The molecule has 0 aromatic rings. The number of hydrogen-bond donors (Lipinski definition) is 0. The van der Waals surface area contributed by atoms with E-state index in [1.54, 1.807) is 14.2 Å². The van der Waals surface area contributed by atoms with Crippen LogP contribution in [0.2, 0.25) is 11.6 Å². The van der Waals surface area contributed by atoms with Crippen molar-refractivity contribution < 1.29 is 9.47 Å². The van der Waals surface area contributed by atoms with Gasteiger partial charge in [-0.25, -0.2) is 0 Å². The third-order valence-corrected chi connectivity index (χ3v) is 5.12. The van der Waals surface area contributed by atoms with Crippen LogP contribution in [0.1, 0.15) is 39.0 Å². The van der Waals surface area contributed by atoms with Gasteiger partial charge in [-0.15, -0.1) is 0 Å². The summed E-state index contributed by atoms with van der Waals surface area (Å²) in [5.41, 5.74) is 0.938. The Kier molecular flexibility index (Phi) is 5.13. The zero-order valence-electron chi connectivity index (χ0n) is 9.64. The van der Waals surface area contributed by atoms with Gasteiger partial charge in [0.2, 0.25) is 0 Å². The van der Waals surface area contributed by atoms with Crippen molar-refractivity contribution in [1.29, 1.82) is 0 Å². The minimum absolute atomic E-state index is 0.257. The maximum absolute atomic E-state index is 5.46. The number of methoxy groups -OCH3 is 2. The van der Waals surface area contributed by atoms with Gasteiger partial charge in [0.05, 0.1) is 0 Å². The Balaban J connectivity index is 2.29. The van der Waals surface area contributed by atoms with Crippen molar-refractivity contribution in [2.45, 2.75) is 56.4 Å². The van der Waals surface area contributed by atoms with Crippen LogP contribution in [0.3, 0.4) is 0 Å². The molecule has 0 unspecified atom stereocenters. The van der Waals surface area contributed by atoms with Crippen LogP contribution in [0.15, 0.2) is 0 Å². The first kappa shape index (κ1) is 12.2. The molecule has 2 nitrogen and oxygen atoms in total. The molecule has 0 aromatic heterocycles. The van der Waals surface area contributed by atoms with Crippen molar-refractivity contribution in [3.63, 3.8) is 0 Å². The highest BCUT2D eigenvalue weighted by Crippen LogP contribution is 2.37. The van der Waals surface area contributed by atoms with Gasteiger partial charge < -0.3 is 9.47 Å². The van der Waals surface area contributed by atoms with Gasteiger partial charge in [0, 0.05) is 36.6 Å². The maximum atomic E-state index is 5.46. The summed E-state index contributed by atoms with van der Waals surface area (Å²) in [5.74, 6) is -0.257. The zero-order chi connectivity index (χ0) is 10.4. The molecule has 0 aromatic carbocycles. The summed E-state index contributed by atoms with van der Waals surface area (Å²) in [7, 11) is 4.67. The van der Waals surface area contributed by atoms with Crippen molar-refractivity contribution >= 4 is 9.52 Å². The third-order valence-electron chi connectivity index (χ3n) is 3.17. The zero-order valence-corrected chi connectivity index (χ0v) is 10.6. The van der Waals surface area contributed by atoms with E-state index in [2.05, 4.69) is 6.92 Å². The van der Waals surface area contributed by atoms with Crippen molar-refractivity contribution in [2.75, 3.05) is 14.2 Å². The van der Waals surface area contributed by atoms with E-state index >= 15 is 0 Å². The molecule has 0 N–H and O–H groups in total. The van der Waals surface area contributed by atoms with Gasteiger partial charge in [-0.1, -0.05) is 19.4 Å². The molecule has 0 heterocycles. The molecule has 1 aliphatic carbocycles. The lowest BCUT2D eigenvalue weighted by Gasteiger charge is -2.37. The average Bonchev–Trinajstić information content (AvgIpc) is 2.27. The van der Waals surface area contributed by atoms with E-state index in [9.17, 15) is 0 Å². The lowest BCUT2D eigenvalue weighted by molar-refractivity contribution is -0.222. The molecule has 2 radical (unpaired) electrons. The van der Waals surface area contributed by atoms with E-state index in [-0.39, 0.29) is 5.79 Å². The summed E-state index contributed by atoms with van der Waals surface area (Å²) in [4.78, 5) is 0. The summed E-state index contributed by atoms with van der Waals surface area (Å²) in [6, 6.07) is 1.40. The highest BCUT2D eigenvalue weighted by atomic mass is 28.2. The normalized spacial score (nSPS) is 22.5. The topological polar surface area (TPSA) is 18.5 Å². The van der Waals surface area contributed by atoms with E-state index in [4.69, 9.17) is 9.47 Å². The predicted octanol–water partition coefficient (Wildman–Crippen LogP) is 2.87. The van der Waals surface area contributed by atoms with Crippen molar-refractivity contribution in [3.8, 4) is 0 Å². The largest absolute Gasteiger partial charge is 0.353 e. The van der Waals surface area contributed by atoms with E-state index in [0.29, 0.717) is 0 Å². The Morgan fingerprint density at radius 2 is 1.79 bits per heavy atom. The average molecular weight is 214 g/mol. The van der Waals surface area contributed by atoms with Crippen molar-refractivity contribution in [3.05, 3.63) is 0 Å². The molecule has 1 saturated carbocycles. The standard InChI is InChI=1S/C11H22O2Si/c1-4-9-14-10-5-7-11(12-2,13-3)8-6-10/h10H,4-9H2,1-3H3. The molecule has 0 spiro atoms. The molecule has 0 bridgehead atoms. The van der Waals surface area contributed by atoms with Crippen LogP contribution in [0.4, 0.5) is 0 Å². The van der Waals surface area contributed by atoms with Crippen LogP contribution in [-0.2, 0) is 9.47 Å². The summed E-state index contributed by atoms with van der Waals surface area (Å²) in [6.07, 6.45) is 6.03. The van der Waals surface area contributed by atoms with Gasteiger partial charge in [-0.05, 0) is 18.4 Å². The molecule has 1 aliphatic rings. The van der Waals surface area contributed by atoms with Crippen molar-refractivity contribution in [2.24, 2.45) is 0 Å². The summed E-state index contributed by atoms with van der Waals surface area (Å²) >= 11 is 0. The SMILES string of the molecule is CCC[Si]C1CCC(OC)(OC)CC1. The van der Waals surface area contributed by atoms with Gasteiger partial charge >= 0.3 is 0 Å². The first-order chi connectivity index (χ1) is 6.76. The predicted molar refractivity (Wildman–Crippen MR) is 59.8 cm³/mol. The monoisotopic (exact) mass is 214 g/mol. The minimum Gasteiger partial charge on any atom is -0.353 e. The Hall–Kier alpha value is 0.137. The fourth-order valence-corrected chi connectivity index (χ4v) is 3.50. The number of rotatable bonds is 5. The highest BCUT2D eigenvalue weighted by molar-refractivity contribution is 6.37. The number of hydrogen-bond acceptors (Lipinski definition) is 2. The van der Waals surface area contributed by atoms with Gasteiger partial charge in [-0.3, -0.25) is 0 Å². The fraction of sp³-hybridized carbons (Fsp3) is 1.00. The van der Waals surface area contributed by atoms with Gasteiger partial charge in [-0.2, -0.15) is 0 Å². The molecule has 0 amide bonds. The maximum Gasteiger partial charge on any atom is 0.167 e. The number of ether oxygens (including phenoxy) is 2. The smallest absolute Gasteiger partial charge is 0.167 e. The summed E-state index contributed by atoms with van der Waals surface area (Å²) in [5, 5.41) is 0. The molecule has 1 fully saturated rings. The third kappa shape index (κ3) is 3.07. The molecule has 82 valence electrons. The van der Waals surface area contributed by atoms with E-state index in [1.165, 1.54) is 25.3 Å². The molecule has 1 rings (SSSR count). The molecule has 0 aliphatic heterocycles. The lowest BCUT2D eigenvalue weighted by atomic mass is 9.93. The quantitative estimate of drug-likeness (QED) is 0.517. The second-order valence-electron chi connectivity index (χ2n) is 4.05. The van der Waals surface area contributed by atoms with Gasteiger partial charge in [0.1, 0.15) is 0 Å². The Morgan fingerprint density at radius 3 is 2.21 bits per heavy atom.